The van der Waals surface area contributed by atoms with Crippen LogP contribution in [0.5, 0.6) is 5.75 Å². The van der Waals surface area contributed by atoms with Crippen LogP contribution in [0, 0.1) is 5.92 Å². The fraction of sp³-hybridized carbons (Fsp3) is 0.556. The number of piperidine rings is 3. The molecule has 0 spiro atoms. The lowest BCUT2D eigenvalue weighted by Gasteiger charge is -2.32. The highest BCUT2D eigenvalue weighted by Crippen LogP contribution is 2.32. The molecule has 16 heteroatoms. The lowest BCUT2D eigenvalue weighted by molar-refractivity contribution is -0.124. The number of Topliss-reactive ketones (excluding diaryl/α,β-unsaturated/α-hetero) is 2. The Balaban J connectivity index is 0.000000241. The van der Waals surface area contributed by atoms with Gasteiger partial charge >= 0.3 is 12.2 Å². The zero-order valence-corrected chi connectivity index (χ0v) is 38.2. The van der Waals surface area contributed by atoms with Crippen molar-refractivity contribution in [2.24, 2.45) is 5.92 Å². The molecule has 0 unspecified atom stereocenters. The van der Waals surface area contributed by atoms with Crippen LogP contribution in [0.25, 0.3) is 10.9 Å². The van der Waals surface area contributed by atoms with Gasteiger partial charge in [0.05, 0.1) is 23.8 Å². The standard InChI is InChI=1S/C24H28N4O4S.C11H19NO2.C10H17NO3/c1-26(2)24(31)22(29)19-13-28(25)20-12-21(32-3)18(11-17(19)20)23(30)27-7-4-15(5-8-27)10-16-6-9-33-14-16;1-9-5-7-12(8-6-9)10(13)14-11(2,3)4;1-10(2,3)14-9(13)11-6-4-8(12)5-7-11/h6,9,11-15H,4-5,7-8,10,25H2,1-3H3;1,5-8H2,2-4H3;4-7H2,1-3H3. The van der Waals surface area contributed by atoms with Gasteiger partial charge in [-0.1, -0.05) is 12.2 Å². The van der Waals surface area contributed by atoms with Crippen LogP contribution < -0.4 is 10.6 Å². The SMILES string of the molecule is C=C1CCN(C(=O)OC(C)(C)C)CC1.CC(C)(C)OC(=O)N1CCC(=O)CC1.COc1cc2c(cc1C(=O)N1CCC(Cc3ccsc3)CC1)c(C(=O)C(=O)N(C)C)cn2N. The number of nitrogen functional groups attached to an aromatic ring is 1. The van der Waals surface area contributed by atoms with E-state index in [-0.39, 0.29) is 29.4 Å². The molecule has 3 fully saturated rings. The molecule has 0 bridgehead atoms. The first-order valence-corrected chi connectivity index (χ1v) is 21.7. The Bertz CT molecular complexity index is 1980. The zero-order chi connectivity index (χ0) is 45.2. The molecule has 3 saturated heterocycles. The predicted molar refractivity (Wildman–Crippen MR) is 237 cm³/mol. The highest BCUT2D eigenvalue weighted by Gasteiger charge is 2.30. The van der Waals surface area contributed by atoms with E-state index >= 15 is 0 Å². The molecule has 4 amide bonds. The topological polar surface area (TPSA) is 174 Å². The number of amides is 4. The summed E-state index contributed by atoms with van der Waals surface area (Å²) in [4.78, 5) is 78.9. The van der Waals surface area contributed by atoms with Gasteiger partial charge < -0.3 is 39.7 Å². The van der Waals surface area contributed by atoms with E-state index in [0.29, 0.717) is 67.2 Å². The first-order valence-electron chi connectivity index (χ1n) is 20.8. The summed E-state index contributed by atoms with van der Waals surface area (Å²) in [5.41, 5.74) is 2.76. The molecule has 3 aromatic rings. The third kappa shape index (κ3) is 14.1. The average molecular weight is 865 g/mol. The summed E-state index contributed by atoms with van der Waals surface area (Å²) in [6.07, 6.45) is 6.53. The van der Waals surface area contributed by atoms with Gasteiger partial charge in [-0.2, -0.15) is 11.3 Å². The minimum Gasteiger partial charge on any atom is -0.496 e. The van der Waals surface area contributed by atoms with Crippen molar-refractivity contribution in [1.29, 1.82) is 0 Å². The Kier molecular flexibility index (Phi) is 16.6. The smallest absolute Gasteiger partial charge is 0.410 e. The Morgan fingerprint density at radius 3 is 1.84 bits per heavy atom. The average Bonchev–Trinajstić information content (AvgIpc) is 3.83. The number of benzene rings is 1. The van der Waals surface area contributed by atoms with Crippen LogP contribution in [-0.4, -0.2) is 132 Å². The van der Waals surface area contributed by atoms with E-state index in [2.05, 4.69) is 23.4 Å². The molecule has 334 valence electrons. The van der Waals surface area contributed by atoms with Crippen molar-refractivity contribution >= 4 is 57.8 Å². The Morgan fingerprint density at radius 1 is 0.820 bits per heavy atom. The van der Waals surface area contributed by atoms with Crippen molar-refractivity contribution in [3.63, 3.8) is 0 Å². The number of hydrogen-bond donors (Lipinski definition) is 1. The van der Waals surface area contributed by atoms with Gasteiger partial charge in [-0.25, -0.2) is 9.59 Å². The largest absolute Gasteiger partial charge is 0.496 e. The number of nitrogens with two attached hydrogens (primary N) is 1. The Labute approximate surface area is 363 Å². The third-order valence-electron chi connectivity index (χ3n) is 10.3. The Hall–Kier alpha value is -5.38. The zero-order valence-electron chi connectivity index (χ0n) is 37.3. The number of carbonyl (C=O) groups is 6. The summed E-state index contributed by atoms with van der Waals surface area (Å²) >= 11 is 1.71. The summed E-state index contributed by atoms with van der Waals surface area (Å²) < 4.78 is 17.2. The van der Waals surface area contributed by atoms with Crippen molar-refractivity contribution in [2.45, 2.75) is 97.7 Å². The molecule has 1 aromatic carbocycles. The second-order valence-electron chi connectivity index (χ2n) is 17.8. The van der Waals surface area contributed by atoms with Gasteiger partial charge in [-0.15, -0.1) is 0 Å². The van der Waals surface area contributed by atoms with Crippen molar-refractivity contribution in [3.05, 3.63) is 64.0 Å². The van der Waals surface area contributed by atoms with Gasteiger partial charge in [0.1, 0.15) is 22.7 Å². The van der Waals surface area contributed by atoms with E-state index in [0.717, 1.165) is 45.2 Å². The van der Waals surface area contributed by atoms with Gasteiger partial charge in [-0.3, -0.25) is 23.9 Å². The van der Waals surface area contributed by atoms with Crippen LogP contribution in [0.1, 0.15) is 106 Å². The molecule has 6 rings (SSSR count). The number of fused-ring (bicyclic) bond motifs is 1. The minimum atomic E-state index is -0.674. The maximum atomic E-state index is 13.4. The number of ether oxygens (including phenoxy) is 3. The summed E-state index contributed by atoms with van der Waals surface area (Å²) in [5, 5.41) is 4.73. The monoisotopic (exact) mass is 864 g/mol. The van der Waals surface area contributed by atoms with Crippen LogP contribution in [0.4, 0.5) is 9.59 Å². The molecule has 5 heterocycles. The number of thiophene rings is 1. The maximum absolute atomic E-state index is 13.4. The highest BCUT2D eigenvalue weighted by atomic mass is 32.1. The number of carbonyl (C=O) groups excluding carboxylic acids is 6. The minimum absolute atomic E-state index is 0.148. The van der Waals surface area contributed by atoms with Crippen LogP contribution >= 0.6 is 11.3 Å². The summed E-state index contributed by atoms with van der Waals surface area (Å²) in [6, 6.07) is 5.42. The number of nitrogens with zero attached hydrogens (tertiary/aromatic N) is 5. The fourth-order valence-electron chi connectivity index (χ4n) is 6.96. The number of hydrogen-bond acceptors (Lipinski definition) is 11. The number of ketones is 2. The second-order valence-corrected chi connectivity index (χ2v) is 18.6. The van der Waals surface area contributed by atoms with E-state index in [1.165, 1.54) is 48.1 Å². The van der Waals surface area contributed by atoms with E-state index in [1.54, 1.807) is 33.3 Å². The van der Waals surface area contributed by atoms with Crippen LogP contribution in [0.2, 0.25) is 0 Å². The number of likely N-dealkylation sites (tertiary alicyclic amines) is 3. The van der Waals surface area contributed by atoms with Gasteiger partial charge in [0.25, 0.3) is 17.6 Å². The molecule has 0 saturated carbocycles. The van der Waals surface area contributed by atoms with Crippen molar-refractivity contribution < 1.29 is 43.0 Å². The number of rotatable bonds is 6. The fourth-order valence-corrected chi connectivity index (χ4v) is 7.64. The number of methoxy groups -OCH3 is 1. The lowest BCUT2D eigenvalue weighted by Crippen LogP contribution is -2.41. The normalized spacial score (nSPS) is 16.2. The van der Waals surface area contributed by atoms with Crippen molar-refractivity contribution in [1.82, 2.24) is 24.3 Å². The molecule has 2 aromatic heterocycles. The number of likely N-dealkylation sites (N-methyl/N-ethyl adjacent to an activating group) is 1. The molecular formula is C45H64N6O9S. The van der Waals surface area contributed by atoms with Crippen LogP contribution in [0.15, 0.2) is 47.3 Å². The van der Waals surface area contributed by atoms with Crippen molar-refractivity contribution in [3.8, 4) is 5.75 Å². The van der Waals surface area contributed by atoms with E-state index < -0.39 is 22.9 Å². The Morgan fingerprint density at radius 2 is 1.36 bits per heavy atom. The summed E-state index contributed by atoms with van der Waals surface area (Å²) in [7, 11) is 4.53. The van der Waals surface area contributed by atoms with Gasteiger partial charge in [0.2, 0.25) is 0 Å². The summed E-state index contributed by atoms with van der Waals surface area (Å²) in [5.74, 6) is 5.74. The predicted octanol–water partition coefficient (Wildman–Crippen LogP) is 6.95. The lowest BCUT2D eigenvalue weighted by atomic mass is 9.91. The molecule has 0 atom stereocenters. The second kappa shape index (κ2) is 20.9. The van der Waals surface area contributed by atoms with Gasteiger partial charge in [0, 0.05) is 83.9 Å². The highest BCUT2D eigenvalue weighted by molar-refractivity contribution is 7.07. The molecular weight excluding hydrogens is 801 g/mol. The third-order valence-corrected chi connectivity index (χ3v) is 11.1. The molecule has 2 N–H and O–H groups in total. The van der Waals surface area contributed by atoms with E-state index in [9.17, 15) is 28.8 Å². The molecule has 0 radical (unpaired) electrons. The molecule has 3 aliphatic rings. The molecule has 15 nitrogen and oxygen atoms in total. The van der Waals surface area contributed by atoms with Gasteiger partial charge in [-0.05, 0) is 108 Å². The van der Waals surface area contributed by atoms with Crippen molar-refractivity contribution in [2.75, 3.05) is 66.3 Å². The summed E-state index contributed by atoms with van der Waals surface area (Å²) in [6.45, 7) is 18.9. The molecule has 0 aliphatic carbocycles. The number of aromatic nitrogens is 1. The maximum Gasteiger partial charge on any atom is 0.410 e. The molecule has 61 heavy (non-hydrogen) atoms. The van der Waals surface area contributed by atoms with Gasteiger partial charge in [0.15, 0.2) is 0 Å². The van der Waals surface area contributed by atoms with E-state index in [1.807, 2.05) is 46.4 Å². The van der Waals surface area contributed by atoms with Crippen LogP contribution in [-0.2, 0) is 25.5 Å². The first-order chi connectivity index (χ1) is 28.6. The quantitative estimate of drug-likeness (QED) is 0.118. The first kappa shape index (κ1) is 48.3. The van der Waals surface area contributed by atoms with Crippen LogP contribution in [0.3, 0.4) is 0 Å². The molecule has 3 aliphatic heterocycles. The van der Waals surface area contributed by atoms with E-state index in [4.69, 9.17) is 20.1 Å².